The Morgan fingerprint density at radius 2 is 2.00 bits per heavy atom. The van der Waals surface area contributed by atoms with Gasteiger partial charge in [-0.05, 0) is 32.9 Å². The van der Waals surface area contributed by atoms with Crippen LogP contribution in [0.1, 0.15) is 31.1 Å². The zero-order valence-electron chi connectivity index (χ0n) is 10.6. The Bertz CT molecular complexity index is 402. The Labute approximate surface area is 107 Å². The van der Waals surface area contributed by atoms with Crippen LogP contribution in [0.3, 0.4) is 0 Å². The number of carbonyl (C=O) groups excluding carboxylic acids is 1. The van der Waals surface area contributed by atoms with Crippen LogP contribution in [0.25, 0.3) is 0 Å². The highest BCUT2D eigenvalue weighted by Gasteiger charge is 2.27. The van der Waals surface area contributed by atoms with Gasteiger partial charge in [-0.25, -0.2) is 0 Å². The zero-order chi connectivity index (χ0) is 13.1. The molecule has 0 heterocycles. The molecule has 0 radical (unpaired) electrons. The summed E-state index contributed by atoms with van der Waals surface area (Å²) in [6.45, 7) is 5.63. The first-order valence-electron chi connectivity index (χ1n) is 5.48. The molecule has 4 heteroatoms. The van der Waals surface area contributed by atoms with E-state index in [-0.39, 0.29) is 11.3 Å². The molecule has 0 saturated carbocycles. The van der Waals surface area contributed by atoms with E-state index in [1.165, 1.54) is 0 Å². The molecule has 0 aromatic heterocycles. The van der Waals surface area contributed by atoms with Crippen molar-refractivity contribution in [1.29, 1.82) is 0 Å². The molecule has 1 aromatic carbocycles. The number of nitrogens with one attached hydrogen (secondary N) is 1. The predicted molar refractivity (Wildman–Crippen MR) is 69.9 cm³/mol. The largest absolute Gasteiger partial charge is 0.496 e. The summed E-state index contributed by atoms with van der Waals surface area (Å²) < 4.78 is 5.15. The van der Waals surface area contributed by atoms with E-state index in [4.69, 9.17) is 16.3 Å². The molecule has 1 N–H and O–H groups in total. The molecule has 1 rings (SSSR count). The van der Waals surface area contributed by atoms with Gasteiger partial charge in [-0.15, -0.1) is 11.6 Å². The fraction of sp³-hybridized carbons (Fsp3) is 0.462. The van der Waals surface area contributed by atoms with Crippen molar-refractivity contribution in [3.63, 3.8) is 0 Å². The van der Waals surface area contributed by atoms with E-state index in [0.717, 1.165) is 0 Å². The third-order valence-corrected chi connectivity index (χ3v) is 3.33. The average Bonchev–Trinajstić information content (AvgIpc) is 2.28. The first-order valence-corrected chi connectivity index (χ1v) is 5.91. The van der Waals surface area contributed by atoms with E-state index < -0.39 is 5.54 Å². The Balaban J connectivity index is 2.91. The molecule has 1 atom stereocenters. The SMILES string of the molecule is COc1ccccc1C(=O)NC(C)(C)C(C)Cl. The van der Waals surface area contributed by atoms with Crippen molar-refractivity contribution < 1.29 is 9.53 Å². The molecular weight excluding hydrogens is 238 g/mol. The van der Waals surface area contributed by atoms with Gasteiger partial charge >= 0.3 is 0 Å². The molecule has 1 aromatic rings. The summed E-state index contributed by atoms with van der Waals surface area (Å²) in [7, 11) is 1.54. The minimum Gasteiger partial charge on any atom is -0.496 e. The lowest BCUT2D eigenvalue weighted by Gasteiger charge is -2.29. The maximum absolute atomic E-state index is 12.1. The molecule has 17 heavy (non-hydrogen) atoms. The molecule has 0 bridgehead atoms. The van der Waals surface area contributed by atoms with Crippen molar-refractivity contribution >= 4 is 17.5 Å². The van der Waals surface area contributed by atoms with Crippen molar-refractivity contribution in [2.24, 2.45) is 0 Å². The van der Waals surface area contributed by atoms with Gasteiger partial charge in [-0.3, -0.25) is 4.79 Å². The minimum absolute atomic E-state index is 0.166. The van der Waals surface area contributed by atoms with Gasteiger partial charge in [-0.2, -0.15) is 0 Å². The second kappa shape index (κ2) is 5.41. The quantitative estimate of drug-likeness (QED) is 0.841. The Morgan fingerprint density at radius 1 is 1.41 bits per heavy atom. The highest BCUT2D eigenvalue weighted by atomic mass is 35.5. The second-order valence-electron chi connectivity index (χ2n) is 4.49. The number of ether oxygens (including phenoxy) is 1. The van der Waals surface area contributed by atoms with Crippen LogP contribution < -0.4 is 10.1 Å². The maximum atomic E-state index is 12.1. The number of hydrogen-bond donors (Lipinski definition) is 1. The minimum atomic E-state index is -0.473. The average molecular weight is 256 g/mol. The lowest BCUT2D eigenvalue weighted by atomic mass is 10.0. The molecule has 1 amide bonds. The van der Waals surface area contributed by atoms with Crippen molar-refractivity contribution in [2.75, 3.05) is 7.11 Å². The van der Waals surface area contributed by atoms with Gasteiger partial charge < -0.3 is 10.1 Å². The highest BCUT2D eigenvalue weighted by molar-refractivity contribution is 6.21. The summed E-state index contributed by atoms with van der Waals surface area (Å²) in [5.74, 6) is 0.378. The van der Waals surface area contributed by atoms with E-state index in [0.29, 0.717) is 11.3 Å². The Morgan fingerprint density at radius 3 is 2.53 bits per heavy atom. The third kappa shape index (κ3) is 3.37. The smallest absolute Gasteiger partial charge is 0.255 e. The van der Waals surface area contributed by atoms with Crippen LogP contribution in [0.5, 0.6) is 5.75 Å². The van der Waals surface area contributed by atoms with Gasteiger partial charge in [0.2, 0.25) is 0 Å². The van der Waals surface area contributed by atoms with Crippen molar-refractivity contribution in [2.45, 2.75) is 31.7 Å². The highest BCUT2D eigenvalue weighted by Crippen LogP contribution is 2.20. The van der Waals surface area contributed by atoms with Crippen molar-refractivity contribution in [3.8, 4) is 5.75 Å². The van der Waals surface area contributed by atoms with Crippen LogP contribution >= 0.6 is 11.6 Å². The van der Waals surface area contributed by atoms with Gasteiger partial charge in [-0.1, -0.05) is 12.1 Å². The summed E-state index contributed by atoms with van der Waals surface area (Å²) in [6.07, 6.45) is 0. The van der Waals surface area contributed by atoms with Gasteiger partial charge in [0.05, 0.1) is 23.6 Å². The molecular formula is C13H18ClNO2. The summed E-state index contributed by atoms with van der Waals surface area (Å²) in [5.41, 5.74) is 0.0415. The summed E-state index contributed by atoms with van der Waals surface area (Å²) in [5, 5.41) is 2.73. The number of benzene rings is 1. The topological polar surface area (TPSA) is 38.3 Å². The Kier molecular flexibility index (Phi) is 4.40. The number of methoxy groups -OCH3 is 1. The molecule has 0 aliphatic heterocycles. The van der Waals surface area contributed by atoms with Crippen LogP contribution in [0.15, 0.2) is 24.3 Å². The number of amides is 1. The first-order chi connectivity index (χ1) is 7.88. The fourth-order valence-corrected chi connectivity index (χ4v) is 1.35. The lowest BCUT2D eigenvalue weighted by Crippen LogP contribution is -2.49. The van der Waals surface area contributed by atoms with Crippen LogP contribution in [0.4, 0.5) is 0 Å². The van der Waals surface area contributed by atoms with Crippen molar-refractivity contribution in [1.82, 2.24) is 5.32 Å². The number of rotatable bonds is 4. The summed E-state index contributed by atoms with van der Waals surface area (Å²) >= 11 is 6.03. The number of para-hydroxylation sites is 1. The molecule has 1 unspecified atom stereocenters. The van der Waals surface area contributed by atoms with Gasteiger partial charge in [0.15, 0.2) is 0 Å². The normalized spacial score (nSPS) is 13.0. The molecule has 94 valence electrons. The standard InChI is InChI=1S/C13H18ClNO2/c1-9(14)13(2,3)15-12(16)10-7-5-6-8-11(10)17-4/h5-9H,1-4H3,(H,15,16). The van der Waals surface area contributed by atoms with E-state index in [1.807, 2.05) is 26.8 Å². The molecule has 0 fully saturated rings. The van der Waals surface area contributed by atoms with E-state index >= 15 is 0 Å². The van der Waals surface area contributed by atoms with Gasteiger partial charge in [0, 0.05) is 0 Å². The number of alkyl halides is 1. The van der Waals surface area contributed by atoms with Crippen molar-refractivity contribution in [3.05, 3.63) is 29.8 Å². The van der Waals surface area contributed by atoms with Gasteiger partial charge in [0.25, 0.3) is 5.91 Å². The second-order valence-corrected chi connectivity index (χ2v) is 5.15. The van der Waals surface area contributed by atoms with Crippen LogP contribution in [0, 0.1) is 0 Å². The molecule has 0 spiro atoms. The predicted octanol–water partition coefficient (Wildman–Crippen LogP) is 2.83. The lowest BCUT2D eigenvalue weighted by molar-refractivity contribution is 0.0909. The number of halogens is 1. The number of carbonyl (C=O) groups is 1. The molecule has 0 saturated heterocycles. The summed E-state index contributed by atoms with van der Waals surface area (Å²) in [4.78, 5) is 12.1. The van der Waals surface area contributed by atoms with E-state index in [2.05, 4.69) is 5.32 Å². The Hall–Kier alpha value is -1.22. The molecule has 0 aliphatic rings. The summed E-state index contributed by atoms with van der Waals surface area (Å²) in [6, 6.07) is 7.11. The van der Waals surface area contributed by atoms with Crippen LogP contribution in [-0.2, 0) is 0 Å². The first kappa shape index (κ1) is 13.8. The van der Waals surface area contributed by atoms with E-state index in [9.17, 15) is 4.79 Å². The van der Waals surface area contributed by atoms with Gasteiger partial charge in [0.1, 0.15) is 5.75 Å². The third-order valence-electron chi connectivity index (χ3n) is 2.78. The van der Waals surface area contributed by atoms with Crippen LogP contribution in [-0.4, -0.2) is 23.9 Å². The monoisotopic (exact) mass is 255 g/mol. The zero-order valence-corrected chi connectivity index (χ0v) is 11.3. The molecule has 0 aliphatic carbocycles. The van der Waals surface area contributed by atoms with Crippen LogP contribution in [0.2, 0.25) is 0 Å². The maximum Gasteiger partial charge on any atom is 0.255 e. The molecule has 3 nitrogen and oxygen atoms in total. The van der Waals surface area contributed by atoms with E-state index in [1.54, 1.807) is 25.3 Å². The fourth-order valence-electron chi connectivity index (χ4n) is 1.29. The number of hydrogen-bond acceptors (Lipinski definition) is 2.